The zero-order valence-electron chi connectivity index (χ0n) is 17.2. The molecular weight excluding hydrogens is 479 g/mol. The van der Waals surface area contributed by atoms with Gasteiger partial charge in [-0.15, -0.1) is 24.0 Å². The Morgan fingerprint density at radius 2 is 2.04 bits per heavy atom. The van der Waals surface area contributed by atoms with Gasteiger partial charge in [0.05, 0.1) is 5.69 Å². The lowest BCUT2D eigenvalue weighted by atomic mass is 10.0. The van der Waals surface area contributed by atoms with E-state index in [1.807, 2.05) is 26.2 Å². The SMILES string of the molecule is CN=C(NCC(C)(C)N(C)C)NC1CCN(c2ccccc2OC(F)F)C1.I. The molecule has 1 heterocycles. The first-order valence-electron chi connectivity index (χ1n) is 9.16. The molecule has 0 aromatic heterocycles. The van der Waals surface area contributed by atoms with Crippen molar-refractivity contribution in [1.29, 1.82) is 0 Å². The highest BCUT2D eigenvalue weighted by Crippen LogP contribution is 2.31. The van der Waals surface area contributed by atoms with Crippen molar-refractivity contribution >= 4 is 35.6 Å². The molecule has 28 heavy (non-hydrogen) atoms. The van der Waals surface area contributed by atoms with Gasteiger partial charge in [-0.2, -0.15) is 8.78 Å². The van der Waals surface area contributed by atoms with E-state index in [1.165, 1.54) is 0 Å². The minimum atomic E-state index is -2.83. The highest BCUT2D eigenvalue weighted by molar-refractivity contribution is 14.0. The number of hydrogen-bond acceptors (Lipinski definition) is 4. The summed E-state index contributed by atoms with van der Waals surface area (Å²) < 4.78 is 29.9. The number of nitrogens with zero attached hydrogens (tertiary/aromatic N) is 3. The molecule has 0 amide bonds. The number of nitrogens with one attached hydrogen (secondary N) is 2. The van der Waals surface area contributed by atoms with E-state index in [4.69, 9.17) is 0 Å². The number of ether oxygens (including phenoxy) is 1. The number of guanidine groups is 1. The molecule has 0 spiro atoms. The first kappa shape index (κ1) is 24.7. The van der Waals surface area contributed by atoms with Crippen LogP contribution in [0.2, 0.25) is 0 Å². The molecule has 9 heteroatoms. The molecule has 1 saturated heterocycles. The fourth-order valence-electron chi connectivity index (χ4n) is 2.86. The van der Waals surface area contributed by atoms with Gasteiger partial charge in [-0.1, -0.05) is 12.1 Å². The van der Waals surface area contributed by atoms with E-state index in [0.717, 1.165) is 25.5 Å². The third kappa shape index (κ3) is 6.91. The molecule has 1 aromatic rings. The first-order chi connectivity index (χ1) is 12.7. The van der Waals surface area contributed by atoms with Crippen LogP contribution in [0.3, 0.4) is 0 Å². The van der Waals surface area contributed by atoms with Crippen molar-refractivity contribution in [2.75, 3.05) is 45.7 Å². The van der Waals surface area contributed by atoms with Gasteiger partial charge < -0.3 is 25.2 Å². The monoisotopic (exact) mass is 511 g/mol. The number of halogens is 3. The average Bonchev–Trinajstić information content (AvgIpc) is 3.06. The Labute approximate surface area is 183 Å². The number of benzene rings is 1. The molecule has 1 aliphatic rings. The lowest BCUT2D eigenvalue weighted by Gasteiger charge is -2.33. The predicted molar refractivity (Wildman–Crippen MR) is 121 cm³/mol. The van der Waals surface area contributed by atoms with Gasteiger partial charge >= 0.3 is 6.61 Å². The maximum Gasteiger partial charge on any atom is 0.387 e. The third-order valence-corrected chi connectivity index (χ3v) is 5.07. The molecule has 1 aromatic carbocycles. The summed E-state index contributed by atoms with van der Waals surface area (Å²) in [6.45, 7) is 3.70. The van der Waals surface area contributed by atoms with E-state index < -0.39 is 6.61 Å². The van der Waals surface area contributed by atoms with Crippen molar-refractivity contribution < 1.29 is 13.5 Å². The van der Waals surface area contributed by atoms with Crippen molar-refractivity contribution in [1.82, 2.24) is 15.5 Å². The standard InChI is InChI=1S/C19H31F2N5O.HI/c1-19(2,25(4)5)13-23-18(22-3)24-14-10-11-26(12-14)15-8-6-7-9-16(15)27-17(20)21;/h6-9,14,17H,10-13H2,1-5H3,(H2,22,23,24);1H. The van der Waals surface area contributed by atoms with Crippen LogP contribution in [-0.4, -0.2) is 69.8 Å². The van der Waals surface area contributed by atoms with Crippen molar-refractivity contribution in [2.45, 2.75) is 38.5 Å². The van der Waals surface area contributed by atoms with Crippen LogP contribution in [0.4, 0.5) is 14.5 Å². The lowest BCUT2D eigenvalue weighted by molar-refractivity contribution is -0.0495. The van der Waals surface area contributed by atoms with Crippen molar-refractivity contribution in [3.63, 3.8) is 0 Å². The molecule has 1 aliphatic heterocycles. The Morgan fingerprint density at radius 1 is 1.36 bits per heavy atom. The summed E-state index contributed by atoms with van der Waals surface area (Å²) in [4.78, 5) is 8.52. The zero-order valence-corrected chi connectivity index (χ0v) is 19.5. The predicted octanol–water partition coefficient (Wildman–Crippen LogP) is 2.99. The number of para-hydroxylation sites is 2. The number of anilines is 1. The van der Waals surface area contributed by atoms with E-state index in [-0.39, 0.29) is 41.3 Å². The van der Waals surface area contributed by atoms with Gasteiger partial charge in [0.2, 0.25) is 0 Å². The number of likely N-dealkylation sites (N-methyl/N-ethyl adjacent to an activating group) is 1. The molecule has 1 unspecified atom stereocenters. The molecule has 2 N–H and O–H groups in total. The summed E-state index contributed by atoms with van der Waals surface area (Å²) in [5.74, 6) is 0.956. The van der Waals surface area contributed by atoms with Crippen molar-refractivity contribution in [3.05, 3.63) is 24.3 Å². The Bertz CT molecular complexity index is 643. The van der Waals surface area contributed by atoms with E-state index in [9.17, 15) is 8.78 Å². The second kappa shape index (κ2) is 11.0. The largest absolute Gasteiger partial charge is 0.433 e. The van der Waals surface area contributed by atoms with Crippen LogP contribution in [0.5, 0.6) is 5.75 Å². The molecule has 0 radical (unpaired) electrons. The maximum absolute atomic E-state index is 12.6. The molecule has 0 saturated carbocycles. The molecule has 1 fully saturated rings. The highest BCUT2D eigenvalue weighted by Gasteiger charge is 2.27. The summed E-state index contributed by atoms with van der Waals surface area (Å²) in [6, 6.07) is 7.10. The third-order valence-electron chi connectivity index (χ3n) is 5.07. The van der Waals surface area contributed by atoms with E-state index >= 15 is 0 Å². The minimum absolute atomic E-state index is 0. The van der Waals surface area contributed by atoms with Crippen LogP contribution in [0.1, 0.15) is 20.3 Å². The molecule has 2 rings (SSSR count). The van der Waals surface area contributed by atoms with Crippen LogP contribution in [0, 0.1) is 0 Å². The normalized spacial score (nSPS) is 17.7. The number of aliphatic imine (C=N–C) groups is 1. The Hall–Kier alpha value is -1.36. The first-order valence-corrected chi connectivity index (χ1v) is 9.16. The van der Waals surface area contributed by atoms with Crippen LogP contribution in [-0.2, 0) is 0 Å². The van der Waals surface area contributed by atoms with Crippen LogP contribution in [0.15, 0.2) is 29.3 Å². The van der Waals surface area contributed by atoms with Gasteiger partial charge in [-0.3, -0.25) is 4.99 Å². The van der Waals surface area contributed by atoms with E-state index in [2.05, 4.69) is 44.0 Å². The van der Waals surface area contributed by atoms with Gasteiger partial charge in [-0.25, -0.2) is 0 Å². The Morgan fingerprint density at radius 3 is 2.64 bits per heavy atom. The Balaban J connectivity index is 0.00000392. The highest BCUT2D eigenvalue weighted by atomic mass is 127. The van der Waals surface area contributed by atoms with Gasteiger partial charge in [0.15, 0.2) is 5.96 Å². The van der Waals surface area contributed by atoms with E-state index in [1.54, 1.807) is 19.2 Å². The number of rotatable bonds is 7. The van der Waals surface area contributed by atoms with Crippen molar-refractivity contribution in [2.24, 2.45) is 4.99 Å². The molecule has 160 valence electrons. The van der Waals surface area contributed by atoms with Gasteiger partial charge in [0.25, 0.3) is 0 Å². The van der Waals surface area contributed by atoms with Gasteiger partial charge in [-0.05, 0) is 46.5 Å². The maximum atomic E-state index is 12.6. The van der Waals surface area contributed by atoms with E-state index in [0.29, 0.717) is 12.2 Å². The van der Waals surface area contributed by atoms with Crippen LogP contribution >= 0.6 is 24.0 Å². The zero-order chi connectivity index (χ0) is 20.0. The van der Waals surface area contributed by atoms with Gasteiger partial charge in [0, 0.05) is 38.3 Å². The fourth-order valence-corrected chi connectivity index (χ4v) is 2.86. The fraction of sp³-hybridized carbons (Fsp3) is 0.632. The molecule has 0 aliphatic carbocycles. The lowest BCUT2D eigenvalue weighted by Crippen LogP contribution is -2.52. The summed E-state index contributed by atoms with van der Waals surface area (Å²) in [6.07, 6.45) is 0.890. The summed E-state index contributed by atoms with van der Waals surface area (Å²) in [7, 11) is 5.84. The Kier molecular flexibility index (Phi) is 9.68. The summed E-state index contributed by atoms with van der Waals surface area (Å²) in [5.41, 5.74) is 0.684. The minimum Gasteiger partial charge on any atom is -0.433 e. The van der Waals surface area contributed by atoms with Crippen LogP contribution < -0.4 is 20.3 Å². The molecule has 0 bridgehead atoms. The number of alkyl halides is 2. The second-order valence-corrected chi connectivity index (χ2v) is 7.55. The molecule has 1 atom stereocenters. The summed E-state index contributed by atoms with van der Waals surface area (Å²) in [5, 5.41) is 6.79. The second-order valence-electron chi connectivity index (χ2n) is 7.55. The van der Waals surface area contributed by atoms with Crippen LogP contribution in [0.25, 0.3) is 0 Å². The smallest absolute Gasteiger partial charge is 0.387 e. The topological polar surface area (TPSA) is 52.1 Å². The quantitative estimate of drug-likeness (QED) is 0.335. The van der Waals surface area contributed by atoms with Crippen molar-refractivity contribution in [3.8, 4) is 5.75 Å². The van der Waals surface area contributed by atoms with Gasteiger partial charge in [0.1, 0.15) is 5.75 Å². The molecule has 6 nitrogen and oxygen atoms in total. The summed E-state index contributed by atoms with van der Waals surface area (Å²) >= 11 is 0. The average molecular weight is 511 g/mol. The number of hydrogen-bond donors (Lipinski definition) is 2. The molecular formula is C19H32F2IN5O.